The molecule has 1 N–H and O–H groups in total. The first-order valence-electron chi connectivity index (χ1n) is 9.33. The molecule has 3 fully saturated rings. The molecule has 2 saturated carbocycles. The van der Waals surface area contributed by atoms with E-state index < -0.39 is 5.41 Å². The molecule has 3 heterocycles. The summed E-state index contributed by atoms with van der Waals surface area (Å²) >= 11 is 0. The van der Waals surface area contributed by atoms with Crippen LogP contribution in [0.3, 0.4) is 0 Å². The van der Waals surface area contributed by atoms with Gasteiger partial charge in [0.15, 0.2) is 0 Å². The van der Waals surface area contributed by atoms with Crippen LogP contribution in [0.15, 0.2) is 18.6 Å². The molecule has 7 nitrogen and oxygen atoms in total. The van der Waals surface area contributed by atoms with E-state index in [0.29, 0.717) is 17.9 Å². The normalized spacial score (nSPS) is 28.8. The lowest BCUT2D eigenvalue weighted by Gasteiger charge is -2.28. The highest BCUT2D eigenvalue weighted by Crippen LogP contribution is 2.49. The van der Waals surface area contributed by atoms with Gasteiger partial charge in [-0.1, -0.05) is 0 Å². The first-order chi connectivity index (χ1) is 12.6. The number of rotatable bonds is 3. The molecule has 7 heteroatoms. The van der Waals surface area contributed by atoms with Crippen molar-refractivity contribution in [1.82, 2.24) is 19.9 Å². The van der Waals surface area contributed by atoms with Gasteiger partial charge in [0.2, 0.25) is 5.91 Å². The molecule has 1 aliphatic heterocycles. The zero-order valence-electron chi connectivity index (χ0n) is 14.9. The van der Waals surface area contributed by atoms with E-state index >= 15 is 0 Å². The summed E-state index contributed by atoms with van der Waals surface area (Å²) in [6.45, 7) is 1.61. The quantitative estimate of drug-likeness (QED) is 0.914. The Morgan fingerprint density at radius 3 is 2.73 bits per heavy atom. The molecule has 1 amide bonds. The van der Waals surface area contributed by atoms with Gasteiger partial charge < -0.3 is 14.8 Å². The van der Waals surface area contributed by atoms with Gasteiger partial charge >= 0.3 is 0 Å². The molecular weight excluding hydrogens is 328 g/mol. The van der Waals surface area contributed by atoms with E-state index in [9.17, 15) is 10.1 Å². The molecule has 2 aromatic rings. The van der Waals surface area contributed by atoms with E-state index in [1.165, 1.54) is 0 Å². The number of nitriles is 1. The van der Waals surface area contributed by atoms with E-state index in [4.69, 9.17) is 0 Å². The van der Waals surface area contributed by atoms with Crippen LogP contribution in [0.25, 0.3) is 11.0 Å². The number of fused-ring (bicyclic) bond motifs is 2. The molecule has 3 aliphatic rings. The van der Waals surface area contributed by atoms with Crippen LogP contribution in [0, 0.1) is 28.6 Å². The number of aromatic amines is 1. The minimum Gasteiger partial charge on any atom is -0.356 e. The van der Waals surface area contributed by atoms with Gasteiger partial charge in [0.25, 0.3) is 0 Å². The second kappa shape index (κ2) is 5.44. The minimum absolute atomic E-state index is 0.0733. The summed E-state index contributed by atoms with van der Waals surface area (Å²) in [4.78, 5) is 28.8. The molecule has 0 radical (unpaired) electrons. The van der Waals surface area contributed by atoms with Crippen LogP contribution >= 0.6 is 0 Å². The maximum atomic E-state index is 12.6. The summed E-state index contributed by atoms with van der Waals surface area (Å²) in [7, 11) is 2.11. The van der Waals surface area contributed by atoms with E-state index in [0.717, 1.165) is 55.6 Å². The number of hydrogen-bond acceptors (Lipinski definition) is 5. The number of aromatic nitrogens is 3. The third-order valence-corrected chi connectivity index (χ3v) is 6.60. The van der Waals surface area contributed by atoms with Gasteiger partial charge in [-0.2, -0.15) is 5.26 Å². The van der Waals surface area contributed by atoms with Crippen molar-refractivity contribution in [2.75, 3.05) is 25.0 Å². The van der Waals surface area contributed by atoms with Gasteiger partial charge in [-0.25, -0.2) is 9.97 Å². The van der Waals surface area contributed by atoms with Crippen LogP contribution in [0.4, 0.5) is 5.82 Å². The lowest BCUT2D eigenvalue weighted by atomic mass is 10.0. The van der Waals surface area contributed by atoms with Gasteiger partial charge in [0, 0.05) is 32.4 Å². The van der Waals surface area contributed by atoms with Crippen molar-refractivity contribution in [3.63, 3.8) is 0 Å². The highest BCUT2D eigenvalue weighted by Gasteiger charge is 2.55. The molecule has 2 aromatic heterocycles. The molecule has 26 heavy (non-hydrogen) atoms. The van der Waals surface area contributed by atoms with Gasteiger partial charge in [-0.15, -0.1) is 0 Å². The standard InChI is InChI=1S/C19H22N6O/c1-24(17-15-2-5-21-16(15)22-11-23-17)14-6-12-8-25(9-13(12)7-14)18(26)19(10-20)3-4-19/h2,5,11-14H,3-4,6-9H2,1H3,(H,21,22,23)/t12-,13+,14?. The predicted octanol–water partition coefficient (Wildman–Crippen LogP) is 1.93. The number of likely N-dealkylation sites (tertiary alicyclic amines) is 1. The van der Waals surface area contributed by atoms with Crippen molar-refractivity contribution in [3.05, 3.63) is 18.6 Å². The Kier molecular flexibility index (Phi) is 3.27. The fourth-order valence-electron chi connectivity index (χ4n) is 4.86. The first kappa shape index (κ1) is 15.6. The van der Waals surface area contributed by atoms with Gasteiger partial charge in [0.05, 0.1) is 11.5 Å². The summed E-state index contributed by atoms with van der Waals surface area (Å²) in [6.07, 6.45) is 7.12. The van der Waals surface area contributed by atoms with Gasteiger partial charge in [-0.3, -0.25) is 4.79 Å². The Hall–Kier alpha value is -2.62. The maximum absolute atomic E-state index is 12.6. The Labute approximate surface area is 152 Å². The summed E-state index contributed by atoms with van der Waals surface area (Å²) in [5.74, 6) is 2.11. The number of hydrogen-bond donors (Lipinski definition) is 1. The number of carbonyl (C=O) groups is 1. The maximum Gasteiger partial charge on any atom is 0.243 e. The fourth-order valence-corrected chi connectivity index (χ4v) is 4.86. The number of nitrogens with one attached hydrogen (secondary N) is 1. The average Bonchev–Trinajstić information content (AvgIpc) is 2.97. The first-order valence-corrected chi connectivity index (χ1v) is 9.33. The second-order valence-electron chi connectivity index (χ2n) is 8.10. The summed E-state index contributed by atoms with van der Waals surface area (Å²) in [5, 5.41) is 10.3. The van der Waals surface area contributed by atoms with Crippen LogP contribution in [0.2, 0.25) is 0 Å². The molecule has 5 rings (SSSR count). The molecule has 134 valence electrons. The molecular formula is C19H22N6O. The van der Waals surface area contributed by atoms with Crippen LogP contribution in [0.1, 0.15) is 25.7 Å². The zero-order valence-corrected chi connectivity index (χ0v) is 14.9. The van der Waals surface area contributed by atoms with Crippen molar-refractivity contribution in [3.8, 4) is 6.07 Å². The third kappa shape index (κ3) is 2.21. The molecule has 0 spiro atoms. The van der Waals surface area contributed by atoms with E-state index in [-0.39, 0.29) is 5.91 Å². The largest absolute Gasteiger partial charge is 0.356 e. The number of amides is 1. The smallest absolute Gasteiger partial charge is 0.243 e. The summed E-state index contributed by atoms with van der Waals surface area (Å²) in [6, 6.07) is 4.69. The van der Waals surface area contributed by atoms with Gasteiger partial charge in [0.1, 0.15) is 23.2 Å². The number of H-pyrrole nitrogens is 1. The van der Waals surface area contributed by atoms with Crippen molar-refractivity contribution >= 4 is 22.8 Å². The van der Waals surface area contributed by atoms with Crippen molar-refractivity contribution in [2.24, 2.45) is 17.3 Å². The molecule has 3 atom stereocenters. The Morgan fingerprint density at radius 2 is 2.08 bits per heavy atom. The lowest BCUT2D eigenvalue weighted by molar-refractivity contribution is -0.134. The topological polar surface area (TPSA) is 88.9 Å². The predicted molar refractivity (Wildman–Crippen MR) is 96.2 cm³/mol. The highest BCUT2D eigenvalue weighted by molar-refractivity contribution is 5.89. The third-order valence-electron chi connectivity index (χ3n) is 6.60. The molecule has 0 bridgehead atoms. The van der Waals surface area contributed by atoms with Crippen LogP contribution in [-0.2, 0) is 4.79 Å². The van der Waals surface area contributed by atoms with Gasteiger partial charge in [-0.05, 0) is 43.6 Å². The average molecular weight is 350 g/mol. The van der Waals surface area contributed by atoms with E-state index in [2.05, 4.69) is 33.0 Å². The SMILES string of the molecule is CN(c1ncnc2[nH]ccc12)C1C[C@@H]2CN(C(=O)C3(C#N)CC3)C[C@@H]2C1. The second-order valence-corrected chi connectivity index (χ2v) is 8.10. The number of carbonyl (C=O) groups excluding carboxylic acids is 1. The Bertz CT molecular complexity index is 896. The highest BCUT2D eigenvalue weighted by atomic mass is 16.2. The Morgan fingerprint density at radius 1 is 1.35 bits per heavy atom. The number of anilines is 1. The van der Waals surface area contributed by atoms with Crippen molar-refractivity contribution in [2.45, 2.75) is 31.7 Å². The molecule has 2 aliphatic carbocycles. The van der Waals surface area contributed by atoms with Crippen LogP contribution < -0.4 is 4.90 Å². The van der Waals surface area contributed by atoms with Crippen molar-refractivity contribution in [1.29, 1.82) is 5.26 Å². The summed E-state index contributed by atoms with van der Waals surface area (Å²) in [5.41, 5.74) is 0.179. The lowest BCUT2D eigenvalue weighted by Crippen LogP contribution is -2.37. The zero-order chi connectivity index (χ0) is 17.9. The van der Waals surface area contributed by atoms with Crippen LogP contribution in [0.5, 0.6) is 0 Å². The van der Waals surface area contributed by atoms with Crippen molar-refractivity contribution < 1.29 is 4.79 Å². The van der Waals surface area contributed by atoms with Crippen LogP contribution in [-0.4, -0.2) is 51.9 Å². The Balaban J connectivity index is 1.29. The minimum atomic E-state index is -0.685. The monoisotopic (exact) mass is 350 g/mol. The van der Waals surface area contributed by atoms with E-state index in [1.807, 2.05) is 17.2 Å². The molecule has 1 unspecified atom stereocenters. The fraction of sp³-hybridized carbons (Fsp3) is 0.579. The van der Waals surface area contributed by atoms with E-state index in [1.54, 1.807) is 6.33 Å². The molecule has 1 saturated heterocycles. The molecule has 0 aromatic carbocycles. The number of nitrogens with zero attached hydrogens (tertiary/aromatic N) is 5. The summed E-state index contributed by atoms with van der Waals surface area (Å²) < 4.78 is 0.